The molecule has 0 aromatic heterocycles. The average molecular weight is 352 g/mol. The van der Waals surface area contributed by atoms with Gasteiger partial charge in [-0.25, -0.2) is 4.99 Å². The quantitative estimate of drug-likeness (QED) is 0.581. The molecular weight excluding hydrogens is 326 g/mol. The minimum Gasteiger partial charge on any atom is -0.471 e. The van der Waals surface area contributed by atoms with Gasteiger partial charge in [0.25, 0.3) is 0 Å². The maximum absolute atomic E-state index is 6.26. The second-order valence-electron chi connectivity index (χ2n) is 7.09. The van der Waals surface area contributed by atoms with E-state index in [1.165, 1.54) is 21.6 Å². The van der Waals surface area contributed by atoms with Crippen molar-refractivity contribution >= 4 is 23.3 Å². The van der Waals surface area contributed by atoms with Crippen molar-refractivity contribution in [2.75, 3.05) is 0 Å². The molecule has 1 aliphatic heterocycles. The highest BCUT2D eigenvalue weighted by molar-refractivity contribution is 8.02. The molecule has 25 heavy (non-hydrogen) atoms. The van der Waals surface area contributed by atoms with Gasteiger partial charge in [-0.15, -0.1) is 0 Å². The lowest BCUT2D eigenvalue weighted by molar-refractivity contribution is 0.0744. The van der Waals surface area contributed by atoms with Crippen LogP contribution in [0.5, 0.6) is 0 Å². The first kappa shape index (κ1) is 17.8. The zero-order chi connectivity index (χ0) is 17.9. The average Bonchev–Trinajstić information content (AvgIpc) is 2.58. The predicted octanol–water partition coefficient (Wildman–Crippen LogP) is 6.60. The lowest BCUT2D eigenvalue weighted by Crippen LogP contribution is -2.33. The minimum atomic E-state index is -0.176. The Balaban J connectivity index is 1.94. The SMILES string of the molecule is Cc1cccc(C)c1N=C1OC(C)(C)CC/C1=C\Sc1ccccc1. The molecular formula is C22H25NOS. The van der Waals surface area contributed by atoms with Crippen LogP contribution < -0.4 is 0 Å². The Morgan fingerprint density at radius 1 is 1.00 bits per heavy atom. The molecule has 0 N–H and O–H groups in total. The van der Waals surface area contributed by atoms with Crippen molar-refractivity contribution in [3.63, 3.8) is 0 Å². The van der Waals surface area contributed by atoms with Crippen molar-refractivity contribution < 1.29 is 4.74 Å². The fourth-order valence-electron chi connectivity index (χ4n) is 2.85. The number of hydrogen-bond acceptors (Lipinski definition) is 3. The number of benzene rings is 2. The van der Waals surface area contributed by atoms with Gasteiger partial charge in [-0.3, -0.25) is 0 Å². The molecule has 0 amide bonds. The van der Waals surface area contributed by atoms with Crippen molar-refractivity contribution in [2.45, 2.75) is 51.0 Å². The van der Waals surface area contributed by atoms with E-state index in [0.29, 0.717) is 0 Å². The monoisotopic (exact) mass is 351 g/mol. The fraction of sp³-hybridized carbons (Fsp3) is 0.318. The molecule has 2 aromatic carbocycles. The summed E-state index contributed by atoms with van der Waals surface area (Å²) in [7, 11) is 0. The Kier molecular flexibility index (Phi) is 5.33. The number of aliphatic imine (C=N–C) groups is 1. The zero-order valence-electron chi connectivity index (χ0n) is 15.4. The smallest absolute Gasteiger partial charge is 0.218 e. The third kappa shape index (κ3) is 4.55. The standard InChI is InChI=1S/C22H25NOS/c1-16-9-8-10-17(2)20(16)23-21-18(13-14-22(3,4)24-21)15-25-19-11-6-5-7-12-19/h5-12,15H,13-14H2,1-4H3/b18-15+,23-21?. The van der Waals surface area contributed by atoms with E-state index >= 15 is 0 Å². The number of hydrogen-bond donors (Lipinski definition) is 0. The number of para-hydroxylation sites is 1. The highest BCUT2D eigenvalue weighted by atomic mass is 32.2. The Labute approximate surface area is 155 Å². The molecule has 1 heterocycles. The van der Waals surface area contributed by atoms with Crippen LogP contribution in [0.4, 0.5) is 5.69 Å². The second-order valence-corrected chi connectivity index (χ2v) is 8.04. The minimum absolute atomic E-state index is 0.176. The molecule has 0 aliphatic carbocycles. The summed E-state index contributed by atoms with van der Waals surface area (Å²) in [6.45, 7) is 8.47. The Morgan fingerprint density at radius 2 is 1.68 bits per heavy atom. The summed E-state index contributed by atoms with van der Waals surface area (Å²) in [5.74, 6) is 0.761. The van der Waals surface area contributed by atoms with Crippen molar-refractivity contribution in [1.29, 1.82) is 0 Å². The zero-order valence-corrected chi connectivity index (χ0v) is 16.2. The first-order valence-electron chi connectivity index (χ1n) is 8.70. The normalized spacial score (nSPS) is 19.8. The van der Waals surface area contributed by atoms with Crippen molar-refractivity contribution in [3.8, 4) is 0 Å². The molecule has 0 unspecified atom stereocenters. The number of aryl methyl sites for hydroxylation is 2. The molecule has 130 valence electrons. The fourth-order valence-corrected chi connectivity index (χ4v) is 3.66. The lowest BCUT2D eigenvalue weighted by atomic mass is 9.95. The van der Waals surface area contributed by atoms with Gasteiger partial charge in [0.1, 0.15) is 5.60 Å². The van der Waals surface area contributed by atoms with E-state index in [1.54, 1.807) is 11.8 Å². The van der Waals surface area contributed by atoms with Gasteiger partial charge in [-0.1, -0.05) is 48.2 Å². The lowest BCUT2D eigenvalue weighted by Gasteiger charge is -2.33. The van der Waals surface area contributed by atoms with Crippen molar-refractivity contribution in [2.24, 2.45) is 4.99 Å². The van der Waals surface area contributed by atoms with Gasteiger partial charge in [0.15, 0.2) is 0 Å². The third-order valence-corrected chi connectivity index (χ3v) is 5.32. The first-order chi connectivity index (χ1) is 11.9. The van der Waals surface area contributed by atoms with Crippen LogP contribution in [0.15, 0.2) is 69.4 Å². The Hall–Kier alpha value is -2.00. The van der Waals surface area contributed by atoms with Gasteiger partial charge >= 0.3 is 0 Å². The van der Waals surface area contributed by atoms with E-state index in [2.05, 4.69) is 75.6 Å². The molecule has 1 fully saturated rings. The summed E-state index contributed by atoms with van der Waals surface area (Å²) in [4.78, 5) is 6.15. The number of nitrogens with zero attached hydrogens (tertiary/aromatic N) is 1. The largest absolute Gasteiger partial charge is 0.471 e. The second kappa shape index (κ2) is 7.49. The first-order valence-corrected chi connectivity index (χ1v) is 9.58. The molecule has 0 atom stereocenters. The molecule has 1 saturated heterocycles. The summed E-state index contributed by atoms with van der Waals surface area (Å²) in [6, 6.07) is 16.7. The van der Waals surface area contributed by atoms with Crippen LogP contribution in [0.2, 0.25) is 0 Å². The molecule has 3 heteroatoms. The maximum Gasteiger partial charge on any atom is 0.218 e. The van der Waals surface area contributed by atoms with Gasteiger partial charge in [0, 0.05) is 10.5 Å². The highest BCUT2D eigenvalue weighted by Crippen LogP contribution is 2.34. The summed E-state index contributed by atoms with van der Waals surface area (Å²) in [5.41, 5.74) is 4.37. The van der Waals surface area contributed by atoms with Gasteiger partial charge < -0.3 is 4.74 Å². The van der Waals surface area contributed by atoms with E-state index in [-0.39, 0.29) is 5.60 Å². The van der Waals surface area contributed by atoms with Gasteiger partial charge in [0.2, 0.25) is 5.90 Å². The van der Waals surface area contributed by atoms with E-state index in [4.69, 9.17) is 9.73 Å². The van der Waals surface area contributed by atoms with Crippen molar-refractivity contribution in [1.82, 2.24) is 0 Å². The molecule has 3 rings (SSSR count). The van der Waals surface area contributed by atoms with Gasteiger partial charge in [-0.05, 0) is 69.2 Å². The summed E-state index contributed by atoms with van der Waals surface area (Å²) < 4.78 is 6.26. The summed E-state index contributed by atoms with van der Waals surface area (Å²) >= 11 is 1.73. The van der Waals surface area contributed by atoms with Crippen LogP contribution in [-0.4, -0.2) is 11.5 Å². The molecule has 2 nitrogen and oxygen atoms in total. The highest BCUT2D eigenvalue weighted by Gasteiger charge is 2.30. The molecule has 1 aliphatic rings. The topological polar surface area (TPSA) is 21.6 Å². The third-order valence-electron chi connectivity index (χ3n) is 4.38. The van der Waals surface area contributed by atoms with E-state index < -0.39 is 0 Å². The van der Waals surface area contributed by atoms with Crippen LogP contribution in [0, 0.1) is 13.8 Å². The van der Waals surface area contributed by atoms with E-state index in [9.17, 15) is 0 Å². The van der Waals surface area contributed by atoms with Gasteiger partial charge in [-0.2, -0.15) is 0 Å². The summed E-state index contributed by atoms with van der Waals surface area (Å²) in [6.07, 6.45) is 1.98. The molecule has 0 bridgehead atoms. The predicted molar refractivity (Wildman–Crippen MR) is 108 cm³/mol. The number of rotatable bonds is 3. The summed E-state index contributed by atoms with van der Waals surface area (Å²) in [5, 5.41) is 2.19. The molecule has 0 saturated carbocycles. The Bertz CT molecular complexity index is 786. The number of thioether (sulfide) groups is 1. The van der Waals surface area contributed by atoms with Gasteiger partial charge in [0.05, 0.1) is 5.69 Å². The molecule has 0 radical (unpaired) electrons. The van der Waals surface area contributed by atoms with Crippen molar-refractivity contribution in [3.05, 3.63) is 70.6 Å². The molecule has 2 aromatic rings. The molecule has 0 spiro atoms. The van der Waals surface area contributed by atoms with Crippen LogP contribution in [0.25, 0.3) is 0 Å². The van der Waals surface area contributed by atoms with E-state index in [0.717, 1.165) is 24.4 Å². The van der Waals surface area contributed by atoms with E-state index in [1.807, 2.05) is 6.07 Å². The Morgan fingerprint density at radius 3 is 2.36 bits per heavy atom. The van der Waals surface area contributed by atoms with Crippen LogP contribution in [0.1, 0.15) is 37.8 Å². The van der Waals surface area contributed by atoms with Crippen LogP contribution >= 0.6 is 11.8 Å². The number of ether oxygens (including phenoxy) is 1. The van der Waals surface area contributed by atoms with Crippen LogP contribution in [-0.2, 0) is 4.74 Å². The maximum atomic E-state index is 6.26. The van der Waals surface area contributed by atoms with Crippen LogP contribution in [0.3, 0.4) is 0 Å².